The van der Waals surface area contributed by atoms with E-state index in [0.717, 1.165) is 27.1 Å². The van der Waals surface area contributed by atoms with Crippen molar-refractivity contribution in [2.45, 2.75) is 13.8 Å². The molecule has 0 aliphatic heterocycles. The van der Waals surface area contributed by atoms with Gasteiger partial charge in [0.15, 0.2) is 0 Å². The standard InChI is InChI=1S/C20H18BrN3O/c1-13-3-5-15(6-4-13)20(25)23-17-8-10-19(22-12-17)24-18-9-7-16(21)11-14(18)2/h3-12H,1-2H3,(H,22,24)(H,23,25). The van der Waals surface area contributed by atoms with Crippen molar-refractivity contribution in [1.82, 2.24) is 4.98 Å². The summed E-state index contributed by atoms with van der Waals surface area (Å²) in [7, 11) is 0. The van der Waals surface area contributed by atoms with Crippen molar-refractivity contribution in [3.63, 3.8) is 0 Å². The molecule has 2 aromatic carbocycles. The molecule has 0 saturated carbocycles. The van der Waals surface area contributed by atoms with Crippen LogP contribution in [0.4, 0.5) is 17.2 Å². The summed E-state index contributed by atoms with van der Waals surface area (Å²) >= 11 is 3.45. The van der Waals surface area contributed by atoms with Crippen LogP contribution in [-0.4, -0.2) is 10.9 Å². The number of amides is 1. The number of halogens is 1. The van der Waals surface area contributed by atoms with E-state index in [9.17, 15) is 4.79 Å². The molecule has 0 unspecified atom stereocenters. The number of benzene rings is 2. The summed E-state index contributed by atoms with van der Waals surface area (Å²) in [6.07, 6.45) is 1.64. The first-order valence-corrected chi connectivity index (χ1v) is 8.68. The van der Waals surface area contributed by atoms with Crippen LogP contribution in [0.15, 0.2) is 65.3 Å². The van der Waals surface area contributed by atoms with Crippen molar-refractivity contribution < 1.29 is 4.79 Å². The number of carbonyl (C=O) groups excluding carboxylic acids is 1. The molecule has 0 fully saturated rings. The number of carbonyl (C=O) groups is 1. The van der Waals surface area contributed by atoms with E-state index in [1.807, 2.05) is 68.4 Å². The number of anilines is 3. The highest BCUT2D eigenvalue weighted by Gasteiger charge is 2.06. The van der Waals surface area contributed by atoms with Crippen molar-refractivity contribution in [2.75, 3.05) is 10.6 Å². The van der Waals surface area contributed by atoms with Crippen LogP contribution < -0.4 is 10.6 Å². The summed E-state index contributed by atoms with van der Waals surface area (Å²) in [5.74, 6) is 0.574. The number of nitrogens with one attached hydrogen (secondary N) is 2. The van der Waals surface area contributed by atoms with Gasteiger partial charge in [0.25, 0.3) is 5.91 Å². The number of hydrogen-bond donors (Lipinski definition) is 2. The number of pyridine rings is 1. The predicted octanol–water partition coefficient (Wildman–Crippen LogP) is 5.46. The highest BCUT2D eigenvalue weighted by atomic mass is 79.9. The first-order chi connectivity index (χ1) is 12.0. The molecule has 5 heteroatoms. The van der Waals surface area contributed by atoms with Crippen LogP contribution in [0.1, 0.15) is 21.5 Å². The Morgan fingerprint density at radius 2 is 1.76 bits per heavy atom. The van der Waals surface area contributed by atoms with Crippen LogP contribution in [0, 0.1) is 13.8 Å². The molecule has 0 atom stereocenters. The second-order valence-electron chi connectivity index (χ2n) is 5.84. The quantitative estimate of drug-likeness (QED) is 0.616. The van der Waals surface area contributed by atoms with Crippen molar-refractivity contribution in [3.05, 3.63) is 82.0 Å². The largest absolute Gasteiger partial charge is 0.340 e. The lowest BCUT2D eigenvalue weighted by Crippen LogP contribution is -2.12. The monoisotopic (exact) mass is 395 g/mol. The van der Waals surface area contributed by atoms with Gasteiger partial charge >= 0.3 is 0 Å². The summed E-state index contributed by atoms with van der Waals surface area (Å²) in [6.45, 7) is 4.02. The SMILES string of the molecule is Cc1ccc(C(=O)Nc2ccc(Nc3ccc(Br)cc3C)nc2)cc1. The maximum atomic E-state index is 12.2. The lowest BCUT2D eigenvalue weighted by Gasteiger charge is -2.10. The second-order valence-corrected chi connectivity index (χ2v) is 6.75. The third-order valence-corrected chi connectivity index (χ3v) is 4.28. The zero-order chi connectivity index (χ0) is 17.8. The maximum absolute atomic E-state index is 12.2. The van der Waals surface area contributed by atoms with Gasteiger partial charge in [-0.15, -0.1) is 0 Å². The molecule has 0 aliphatic carbocycles. The minimum Gasteiger partial charge on any atom is -0.340 e. The lowest BCUT2D eigenvalue weighted by molar-refractivity contribution is 0.102. The van der Waals surface area contributed by atoms with Crippen molar-refractivity contribution in [2.24, 2.45) is 0 Å². The van der Waals surface area contributed by atoms with Crippen LogP contribution in [0.5, 0.6) is 0 Å². The number of rotatable bonds is 4. The normalized spacial score (nSPS) is 10.4. The van der Waals surface area contributed by atoms with Gasteiger partial charge in [-0.05, 0) is 61.9 Å². The third kappa shape index (κ3) is 4.45. The van der Waals surface area contributed by atoms with Crippen LogP contribution >= 0.6 is 15.9 Å². The number of aryl methyl sites for hydroxylation is 2. The fourth-order valence-corrected chi connectivity index (χ4v) is 2.83. The second kappa shape index (κ2) is 7.49. The number of hydrogen-bond acceptors (Lipinski definition) is 3. The molecule has 0 radical (unpaired) electrons. The molecule has 0 spiro atoms. The molecule has 3 rings (SSSR count). The summed E-state index contributed by atoms with van der Waals surface area (Å²) in [6, 6.07) is 17.1. The zero-order valence-electron chi connectivity index (χ0n) is 14.0. The van der Waals surface area contributed by atoms with Gasteiger partial charge in [-0.25, -0.2) is 4.98 Å². The molecule has 1 aromatic heterocycles. The Hall–Kier alpha value is -2.66. The Bertz CT molecular complexity index is 890. The van der Waals surface area contributed by atoms with E-state index < -0.39 is 0 Å². The van der Waals surface area contributed by atoms with Crippen LogP contribution in [0.2, 0.25) is 0 Å². The van der Waals surface area contributed by atoms with Crippen molar-refractivity contribution in [3.8, 4) is 0 Å². The summed E-state index contributed by atoms with van der Waals surface area (Å²) in [4.78, 5) is 16.6. The molecule has 2 N–H and O–H groups in total. The van der Waals surface area contributed by atoms with Gasteiger partial charge in [0, 0.05) is 15.7 Å². The van der Waals surface area contributed by atoms with Crippen LogP contribution in [0.25, 0.3) is 0 Å². The summed E-state index contributed by atoms with van der Waals surface area (Å²) in [5.41, 5.74) is 4.51. The first kappa shape index (κ1) is 17.2. The van der Waals surface area contributed by atoms with E-state index in [2.05, 4.69) is 31.5 Å². The average molecular weight is 396 g/mol. The maximum Gasteiger partial charge on any atom is 0.255 e. The Balaban J connectivity index is 1.67. The minimum atomic E-state index is -0.147. The molecule has 0 saturated heterocycles. The molecule has 1 amide bonds. The summed E-state index contributed by atoms with van der Waals surface area (Å²) < 4.78 is 1.04. The molecule has 0 aliphatic rings. The van der Waals surface area contributed by atoms with Crippen LogP contribution in [0.3, 0.4) is 0 Å². The first-order valence-electron chi connectivity index (χ1n) is 7.88. The Morgan fingerprint density at radius 3 is 2.40 bits per heavy atom. The van der Waals surface area contributed by atoms with Gasteiger partial charge in [-0.1, -0.05) is 33.6 Å². The van der Waals surface area contributed by atoms with E-state index in [1.54, 1.807) is 6.20 Å². The van der Waals surface area contributed by atoms with Gasteiger partial charge in [-0.3, -0.25) is 4.79 Å². The topological polar surface area (TPSA) is 54.0 Å². The van der Waals surface area contributed by atoms with E-state index in [0.29, 0.717) is 11.3 Å². The van der Waals surface area contributed by atoms with E-state index in [-0.39, 0.29) is 5.91 Å². The fourth-order valence-electron chi connectivity index (χ4n) is 2.36. The Morgan fingerprint density at radius 1 is 1.00 bits per heavy atom. The molecular weight excluding hydrogens is 378 g/mol. The van der Waals surface area contributed by atoms with E-state index in [1.165, 1.54) is 0 Å². The van der Waals surface area contributed by atoms with Gasteiger partial charge in [-0.2, -0.15) is 0 Å². The zero-order valence-corrected chi connectivity index (χ0v) is 15.6. The molecular formula is C20H18BrN3O. The van der Waals surface area contributed by atoms with Gasteiger partial charge < -0.3 is 10.6 Å². The molecule has 25 heavy (non-hydrogen) atoms. The molecule has 0 bridgehead atoms. The molecule has 4 nitrogen and oxygen atoms in total. The minimum absolute atomic E-state index is 0.147. The third-order valence-electron chi connectivity index (χ3n) is 3.79. The van der Waals surface area contributed by atoms with Crippen molar-refractivity contribution in [1.29, 1.82) is 0 Å². The van der Waals surface area contributed by atoms with E-state index in [4.69, 9.17) is 0 Å². The fraction of sp³-hybridized carbons (Fsp3) is 0.100. The molecule has 3 aromatic rings. The summed E-state index contributed by atoms with van der Waals surface area (Å²) in [5, 5.41) is 6.13. The van der Waals surface area contributed by atoms with Crippen LogP contribution in [-0.2, 0) is 0 Å². The number of nitrogens with zero attached hydrogens (tertiary/aromatic N) is 1. The predicted molar refractivity (Wildman–Crippen MR) is 106 cm³/mol. The van der Waals surface area contributed by atoms with Gasteiger partial charge in [0.05, 0.1) is 11.9 Å². The molecule has 1 heterocycles. The molecule has 126 valence electrons. The highest BCUT2D eigenvalue weighted by Crippen LogP contribution is 2.23. The van der Waals surface area contributed by atoms with Gasteiger partial charge in [0.2, 0.25) is 0 Å². The lowest BCUT2D eigenvalue weighted by atomic mass is 10.1. The average Bonchev–Trinajstić information content (AvgIpc) is 2.59. The highest BCUT2D eigenvalue weighted by molar-refractivity contribution is 9.10. The van der Waals surface area contributed by atoms with Gasteiger partial charge in [0.1, 0.15) is 5.82 Å². The Labute approximate surface area is 155 Å². The number of aromatic nitrogens is 1. The van der Waals surface area contributed by atoms with E-state index >= 15 is 0 Å². The smallest absolute Gasteiger partial charge is 0.255 e. The Kier molecular flexibility index (Phi) is 5.14. The van der Waals surface area contributed by atoms with Crippen molar-refractivity contribution >= 4 is 39.0 Å².